The van der Waals surface area contributed by atoms with Crippen LogP contribution in [0.1, 0.15) is 27.0 Å². The van der Waals surface area contributed by atoms with Gasteiger partial charge in [-0.25, -0.2) is 0 Å². The van der Waals surface area contributed by atoms with Gasteiger partial charge in [-0.05, 0) is 23.8 Å². The first kappa shape index (κ1) is 22.6. The number of Topliss-reactive ketones (excluding diaryl/α,β-unsaturated/α-hetero) is 1. The molecule has 0 bridgehead atoms. The van der Waals surface area contributed by atoms with E-state index in [4.69, 9.17) is 0 Å². The molecule has 1 N–H and O–H groups in total. The van der Waals surface area contributed by atoms with Crippen molar-refractivity contribution in [1.82, 2.24) is 0 Å². The summed E-state index contributed by atoms with van der Waals surface area (Å²) in [6, 6.07) is 15.9. The molecule has 1 heterocycles. The second-order valence-electron chi connectivity index (χ2n) is 7.58. The number of hydrogen-bond donors (Lipinski definition) is 1. The summed E-state index contributed by atoms with van der Waals surface area (Å²) in [4.78, 5) is 26.8. The molecule has 9 heteroatoms. The molecule has 0 saturated heterocycles. The third kappa shape index (κ3) is 3.58. The van der Waals surface area contributed by atoms with Gasteiger partial charge in [0.15, 0.2) is 0 Å². The molecule has 4 rings (SSSR count). The van der Waals surface area contributed by atoms with E-state index in [1.54, 1.807) is 30.3 Å². The monoisotopic (exact) mass is 461 g/mol. The summed E-state index contributed by atoms with van der Waals surface area (Å²) in [5.41, 5.74) is -5.28. The maximum Gasteiger partial charge on any atom is 0.416 e. The summed E-state index contributed by atoms with van der Waals surface area (Å²) in [5, 5.41) is 11.1. The number of para-hydroxylation sites is 1. The highest BCUT2D eigenvalue weighted by Gasteiger charge is 2.68. The lowest BCUT2D eigenvalue weighted by molar-refractivity contribution is -0.173. The standard InChI is InChI=1S/C24H16F5NO3/c25-23(26,20(31)16-10-12-17(13-11-16)24(27,28)29)22(33)18-8-4-5-9-19(18)30(21(22)32)14-15-6-2-1-3-7-15/h1-13,33H,14H2/t22-/m0/s1. The van der Waals surface area contributed by atoms with Crippen LogP contribution in [-0.4, -0.2) is 22.7 Å². The van der Waals surface area contributed by atoms with E-state index in [0.717, 1.165) is 11.0 Å². The largest absolute Gasteiger partial charge is 0.416 e. The minimum Gasteiger partial charge on any atom is -0.370 e. The first-order valence-electron chi connectivity index (χ1n) is 9.75. The molecule has 33 heavy (non-hydrogen) atoms. The number of hydrogen-bond acceptors (Lipinski definition) is 3. The Labute approximate surface area is 184 Å². The average molecular weight is 461 g/mol. The van der Waals surface area contributed by atoms with Crippen LogP contribution in [0.4, 0.5) is 27.6 Å². The smallest absolute Gasteiger partial charge is 0.370 e. The Kier molecular flexibility index (Phi) is 5.32. The van der Waals surface area contributed by atoms with Crippen molar-refractivity contribution in [2.24, 2.45) is 0 Å². The first-order valence-corrected chi connectivity index (χ1v) is 9.75. The van der Waals surface area contributed by atoms with Gasteiger partial charge in [-0.1, -0.05) is 60.7 Å². The number of rotatable bonds is 5. The Morgan fingerprint density at radius 3 is 2.03 bits per heavy atom. The molecule has 0 unspecified atom stereocenters. The number of anilines is 1. The number of carbonyl (C=O) groups excluding carboxylic acids is 2. The van der Waals surface area contributed by atoms with Gasteiger partial charge in [-0.2, -0.15) is 22.0 Å². The van der Waals surface area contributed by atoms with Crippen molar-refractivity contribution in [1.29, 1.82) is 0 Å². The maximum absolute atomic E-state index is 15.5. The van der Waals surface area contributed by atoms with Gasteiger partial charge >= 0.3 is 12.1 Å². The molecule has 1 aliphatic rings. The van der Waals surface area contributed by atoms with E-state index in [-0.39, 0.29) is 12.2 Å². The quantitative estimate of drug-likeness (QED) is 0.432. The van der Waals surface area contributed by atoms with Gasteiger partial charge in [0.2, 0.25) is 11.4 Å². The number of nitrogens with zero attached hydrogens (tertiary/aromatic N) is 1. The number of benzene rings is 3. The third-order valence-corrected chi connectivity index (χ3v) is 5.54. The van der Waals surface area contributed by atoms with Gasteiger partial charge in [0, 0.05) is 11.1 Å². The van der Waals surface area contributed by atoms with Crippen molar-refractivity contribution < 1.29 is 36.6 Å². The van der Waals surface area contributed by atoms with Crippen LogP contribution in [-0.2, 0) is 23.1 Å². The number of ketones is 1. The summed E-state index contributed by atoms with van der Waals surface area (Å²) in [7, 11) is 0. The van der Waals surface area contributed by atoms with Crippen LogP contribution < -0.4 is 4.90 Å². The maximum atomic E-state index is 15.5. The van der Waals surface area contributed by atoms with Crippen molar-refractivity contribution in [3.05, 3.63) is 101 Å². The van der Waals surface area contributed by atoms with Crippen molar-refractivity contribution >= 4 is 17.4 Å². The minimum absolute atomic E-state index is 0.00810. The van der Waals surface area contributed by atoms with Crippen molar-refractivity contribution in [2.75, 3.05) is 4.90 Å². The molecule has 1 atom stereocenters. The fraction of sp³-hybridized carbons (Fsp3) is 0.167. The topological polar surface area (TPSA) is 57.6 Å². The number of carbonyl (C=O) groups is 2. The van der Waals surface area contributed by atoms with E-state index in [9.17, 15) is 27.9 Å². The summed E-state index contributed by atoms with van der Waals surface area (Å²) in [5.74, 6) is -8.04. The summed E-state index contributed by atoms with van der Waals surface area (Å²) in [6.07, 6.45) is -4.72. The van der Waals surface area contributed by atoms with Crippen LogP contribution in [0.2, 0.25) is 0 Å². The van der Waals surface area contributed by atoms with Gasteiger partial charge in [0.1, 0.15) is 0 Å². The fourth-order valence-electron chi connectivity index (χ4n) is 3.82. The number of halogens is 5. The van der Waals surface area contributed by atoms with E-state index in [1.165, 1.54) is 18.2 Å². The van der Waals surface area contributed by atoms with E-state index >= 15 is 8.78 Å². The molecular weight excluding hydrogens is 445 g/mol. The Morgan fingerprint density at radius 2 is 1.42 bits per heavy atom. The van der Waals surface area contributed by atoms with Crippen LogP contribution >= 0.6 is 0 Å². The highest BCUT2D eigenvalue weighted by Crippen LogP contribution is 2.50. The predicted octanol–water partition coefficient (Wildman–Crippen LogP) is 4.96. The Hall–Kier alpha value is -3.59. The number of aliphatic hydroxyl groups is 1. The van der Waals surface area contributed by atoms with Gasteiger partial charge in [0.05, 0.1) is 17.8 Å². The molecule has 1 aliphatic heterocycles. The zero-order chi connectivity index (χ0) is 24.0. The van der Waals surface area contributed by atoms with E-state index in [1.807, 2.05) is 0 Å². The minimum atomic E-state index is -4.72. The SMILES string of the molecule is O=C(c1ccc(C(F)(F)F)cc1)C(F)(F)[C@@]1(O)C(=O)N(Cc2ccccc2)c2ccccc21. The van der Waals surface area contributed by atoms with Crippen LogP contribution in [0.3, 0.4) is 0 Å². The van der Waals surface area contributed by atoms with E-state index in [2.05, 4.69) is 0 Å². The van der Waals surface area contributed by atoms with Gasteiger partial charge in [0.25, 0.3) is 5.91 Å². The molecule has 0 spiro atoms. The highest BCUT2D eigenvalue weighted by molar-refractivity contribution is 6.14. The second kappa shape index (κ2) is 7.77. The van der Waals surface area contributed by atoms with Gasteiger partial charge < -0.3 is 10.0 Å². The molecule has 170 valence electrons. The lowest BCUT2D eigenvalue weighted by Crippen LogP contribution is -2.56. The molecule has 4 nitrogen and oxygen atoms in total. The van der Waals surface area contributed by atoms with E-state index < -0.39 is 46.1 Å². The molecule has 0 fully saturated rings. The molecule has 0 saturated carbocycles. The number of alkyl halides is 5. The summed E-state index contributed by atoms with van der Waals surface area (Å²) >= 11 is 0. The van der Waals surface area contributed by atoms with Crippen molar-refractivity contribution in [3.63, 3.8) is 0 Å². The molecule has 0 radical (unpaired) electrons. The highest BCUT2D eigenvalue weighted by atomic mass is 19.4. The Bertz CT molecular complexity index is 1210. The van der Waals surface area contributed by atoms with Crippen LogP contribution in [0.25, 0.3) is 0 Å². The number of amides is 1. The Balaban J connectivity index is 1.74. The molecule has 3 aromatic rings. The number of fused-ring (bicyclic) bond motifs is 1. The normalized spacial score (nSPS) is 18.4. The lowest BCUT2D eigenvalue weighted by Gasteiger charge is -2.30. The predicted molar refractivity (Wildman–Crippen MR) is 109 cm³/mol. The zero-order valence-corrected chi connectivity index (χ0v) is 16.8. The first-order chi connectivity index (χ1) is 15.5. The lowest BCUT2D eigenvalue weighted by atomic mass is 9.84. The van der Waals surface area contributed by atoms with Gasteiger partial charge in [-0.15, -0.1) is 0 Å². The van der Waals surface area contributed by atoms with Crippen LogP contribution in [0, 0.1) is 0 Å². The van der Waals surface area contributed by atoms with E-state index in [0.29, 0.717) is 29.8 Å². The van der Waals surface area contributed by atoms with Crippen LogP contribution in [0.15, 0.2) is 78.9 Å². The van der Waals surface area contributed by atoms with Crippen molar-refractivity contribution in [2.45, 2.75) is 24.2 Å². The summed E-state index contributed by atoms with van der Waals surface area (Å²) < 4.78 is 69.3. The molecule has 1 amide bonds. The molecule has 3 aromatic carbocycles. The zero-order valence-electron chi connectivity index (χ0n) is 16.8. The van der Waals surface area contributed by atoms with Crippen LogP contribution in [0.5, 0.6) is 0 Å². The second-order valence-corrected chi connectivity index (χ2v) is 7.58. The Morgan fingerprint density at radius 1 is 0.848 bits per heavy atom. The molecular formula is C24H16F5NO3. The average Bonchev–Trinajstić information content (AvgIpc) is 3.02. The molecule has 0 aromatic heterocycles. The van der Waals surface area contributed by atoms with Crippen molar-refractivity contribution in [3.8, 4) is 0 Å². The fourth-order valence-corrected chi connectivity index (χ4v) is 3.82. The molecule has 0 aliphatic carbocycles. The summed E-state index contributed by atoms with van der Waals surface area (Å²) in [6.45, 7) is -0.135. The third-order valence-electron chi connectivity index (χ3n) is 5.54. The van der Waals surface area contributed by atoms with Gasteiger partial charge in [-0.3, -0.25) is 9.59 Å².